The molecule has 4 heteroatoms. The summed E-state index contributed by atoms with van der Waals surface area (Å²) in [5.41, 5.74) is 1.13. The molecule has 1 atom stereocenters. The number of nitrogens with zero attached hydrogens (tertiary/aromatic N) is 2. The number of nitrogens with one attached hydrogen (secondary N) is 1. The fourth-order valence-electron chi connectivity index (χ4n) is 2.01. The van der Waals surface area contributed by atoms with E-state index in [2.05, 4.69) is 10.4 Å². The normalized spacial score (nSPS) is 22.5. The van der Waals surface area contributed by atoms with Crippen molar-refractivity contribution in [2.75, 3.05) is 13.2 Å². The average molecular weight is 197 g/mol. The van der Waals surface area contributed by atoms with E-state index in [1.807, 2.05) is 6.07 Å². The predicted molar refractivity (Wildman–Crippen MR) is 52.8 cm³/mol. The van der Waals surface area contributed by atoms with E-state index in [1.54, 1.807) is 10.9 Å². The van der Waals surface area contributed by atoms with Gasteiger partial charge in [0.05, 0.1) is 12.2 Å². The lowest BCUT2D eigenvalue weighted by molar-refractivity contribution is 0.367. The highest BCUT2D eigenvalue weighted by molar-refractivity contribution is 5.07. The molecule has 1 aliphatic rings. The Labute approximate surface area is 83.3 Å². The molecule has 2 heterocycles. The third kappa shape index (κ3) is 1.95. The van der Waals surface area contributed by atoms with Crippen LogP contribution in [-0.4, -0.2) is 23.0 Å². The first kappa shape index (κ1) is 9.65. The summed E-state index contributed by atoms with van der Waals surface area (Å²) in [4.78, 5) is 0. The van der Waals surface area contributed by atoms with Crippen LogP contribution in [0.15, 0.2) is 12.3 Å². The van der Waals surface area contributed by atoms with Crippen LogP contribution in [-0.2, 0) is 6.54 Å². The second kappa shape index (κ2) is 4.55. The lowest BCUT2D eigenvalue weighted by Crippen LogP contribution is -2.29. The standard InChI is InChI=1S/C10H16FN3/c11-5-8-14-10(4-7-13-14)9-3-1-2-6-12-9/h4,7,9,12H,1-3,5-6,8H2. The van der Waals surface area contributed by atoms with Gasteiger partial charge in [0.15, 0.2) is 0 Å². The fourth-order valence-corrected chi connectivity index (χ4v) is 2.01. The molecule has 0 saturated carbocycles. The zero-order valence-corrected chi connectivity index (χ0v) is 8.25. The van der Waals surface area contributed by atoms with Crippen molar-refractivity contribution in [2.45, 2.75) is 31.8 Å². The third-order valence-electron chi connectivity index (χ3n) is 2.71. The Morgan fingerprint density at radius 2 is 2.50 bits per heavy atom. The first-order chi connectivity index (χ1) is 6.92. The van der Waals surface area contributed by atoms with Gasteiger partial charge in [-0.3, -0.25) is 4.68 Å². The maximum Gasteiger partial charge on any atom is 0.109 e. The Balaban J connectivity index is 2.09. The highest BCUT2D eigenvalue weighted by Crippen LogP contribution is 2.22. The van der Waals surface area contributed by atoms with Gasteiger partial charge in [-0.15, -0.1) is 0 Å². The van der Waals surface area contributed by atoms with Gasteiger partial charge in [-0.1, -0.05) is 6.42 Å². The van der Waals surface area contributed by atoms with Crippen molar-refractivity contribution in [2.24, 2.45) is 0 Å². The summed E-state index contributed by atoms with van der Waals surface area (Å²) >= 11 is 0. The van der Waals surface area contributed by atoms with Crippen molar-refractivity contribution in [3.05, 3.63) is 18.0 Å². The van der Waals surface area contributed by atoms with E-state index in [0.717, 1.165) is 18.7 Å². The second-order valence-electron chi connectivity index (χ2n) is 3.67. The molecule has 1 saturated heterocycles. The van der Waals surface area contributed by atoms with Gasteiger partial charge in [-0.2, -0.15) is 5.10 Å². The molecule has 0 spiro atoms. The number of rotatable bonds is 3. The Morgan fingerprint density at radius 3 is 3.21 bits per heavy atom. The SMILES string of the molecule is FCCn1nccc1C1CCCCN1. The van der Waals surface area contributed by atoms with Crippen molar-refractivity contribution >= 4 is 0 Å². The van der Waals surface area contributed by atoms with Crippen LogP contribution in [0.3, 0.4) is 0 Å². The minimum atomic E-state index is -0.346. The van der Waals surface area contributed by atoms with Gasteiger partial charge in [0.1, 0.15) is 6.67 Å². The van der Waals surface area contributed by atoms with Crippen LogP contribution < -0.4 is 5.32 Å². The number of halogens is 1. The number of hydrogen-bond donors (Lipinski definition) is 1. The van der Waals surface area contributed by atoms with E-state index in [-0.39, 0.29) is 6.67 Å². The summed E-state index contributed by atoms with van der Waals surface area (Å²) in [5, 5.41) is 7.55. The molecule has 2 rings (SSSR count). The van der Waals surface area contributed by atoms with Crippen molar-refractivity contribution in [3.8, 4) is 0 Å². The summed E-state index contributed by atoms with van der Waals surface area (Å²) in [6, 6.07) is 2.36. The largest absolute Gasteiger partial charge is 0.309 e. The molecule has 78 valence electrons. The fraction of sp³-hybridized carbons (Fsp3) is 0.700. The molecule has 0 aromatic carbocycles. The van der Waals surface area contributed by atoms with Crippen LogP contribution in [0.5, 0.6) is 0 Å². The number of aromatic nitrogens is 2. The molecular weight excluding hydrogens is 181 g/mol. The minimum absolute atomic E-state index is 0.346. The Kier molecular flexibility index (Phi) is 3.14. The first-order valence-corrected chi connectivity index (χ1v) is 5.23. The van der Waals surface area contributed by atoms with Crippen LogP contribution in [0, 0.1) is 0 Å². The summed E-state index contributed by atoms with van der Waals surface area (Å²) in [7, 11) is 0. The van der Waals surface area contributed by atoms with Gasteiger partial charge in [0.25, 0.3) is 0 Å². The maximum atomic E-state index is 12.2. The average Bonchev–Trinajstić information content (AvgIpc) is 2.68. The third-order valence-corrected chi connectivity index (χ3v) is 2.71. The molecule has 0 aliphatic carbocycles. The van der Waals surface area contributed by atoms with Crippen LogP contribution in [0.1, 0.15) is 31.0 Å². The van der Waals surface area contributed by atoms with Gasteiger partial charge in [-0.25, -0.2) is 4.39 Å². The van der Waals surface area contributed by atoms with Gasteiger partial charge < -0.3 is 5.32 Å². The molecule has 3 nitrogen and oxygen atoms in total. The Bertz CT molecular complexity index is 279. The van der Waals surface area contributed by atoms with Crippen LogP contribution in [0.25, 0.3) is 0 Å². The molecule has 1 aliphatic heterocycles. The smallest absolute Gasteiger partial charge is 0.109 e. The van der Waals surface area contributed by atoms with E-state index >= 15 is 0 Å². The number of aryl methyl sites for hydroxylation is 1. The molecule has 1 aromatic rings. The number of alkyl halides is 1. The van der Waals surface area contributed by atoms with E-state index in [1.165, 1.54) is 12.8 Å². The quantitative estimate of drug-likeness (QED) is 0.798. The molecule has 14 heavy (non-hydrogen) atoms. The van der Waals surface area contributed by atoms with Crippen molar-refractivity contribution < 1.29 is 4.39 Å². The second-order valence-corrected chi connectivity index (χ2v) is 3.67. The Morgan fingerprint density at radius 1 is 1.57 bits per heavy atom. The van der Waals surface area contributed by atoms with Crippen molar-refractivity contribution in [3.63, 3.8) is 0 Å². The van der Waals surface area contributed by atoms with E-state index < -0.39 is 0 Å². The van der Waals surface area contributed by atoms with Gasteiger partial charge in [0, 0.05) is 12.2 Å². The van der Waals surface area contributed by atoms with Crippen LogP contribution >= 0.6 is 0 Å². The maximum absolute atomic E-state index is 12.2. The molecule has 0 radical (unpaired) electrons. The highest BCUT2D eigenvalue weighted by atomic mass is 19.1. The first-order valence-electron chi connectivity index (χ1n) is 5.23. The highest BCUT2D eigenvalue weighted by Gasteiger charge is 2.17. The summed E-state index contributed by atoms with van der Waals surface area (Å²) < 4.78 is 14.0. The summed E-state index contributed by atoms with van der Waals surface area (Å²) in [6.07, 6.45) is 5.38. The van der Waals surface area contributed by atoms with Gasteiger partial charge >= 0.3 is 0 Å². The molecular formula is C10H16FN3. The zero-order chi connectivity index (χ0) is 9.80. The molecule has 1 unspecified atom stereocenters. The molecule has 1 aromatic heterocycles. The predicted octanol–water partition coefficient (Wildman–Crippen LogP) is 1.67. The van der Waals surface area contributed by atoms with Gasteiger partial charge in [-0.05, 0) is 25.5 Å². The minimum Gasteiger partial charge on any atom is -0.309 e. The molecule has 1 fully saturated rings. The molecule has 0 amide bonds. The number of piperidine rings is 1. The van der Waals surface area contributed by atoms with Gasteiger partial charge in [0.2, 0.25) is 0 Å². The van der Waals surface area contributed by atoms with Crippen LogP contribution in [0.2, 0.25) is 0 Å². The Hall–Kier alpha value is -0.900. The lowest BCUT2D eigenvalue weighted by Gasteiger charge is -2.24. The topological polar surface area (TPSA) is 29.9 Å². The lowest BCUT2D eigenvalue weighted by atomic mass is 10.0. The van der Waals surface area contributed by atoms with Crippen molar-refractivity contribution in [1.82, 2.24) is 15.1 Å². The molecule has 1 N–H and O–H groups in total. The molecule has 0 bridgehead atoms. The van der Waals surface area contributed by atoms with E-state index in [9.17, 15) is 4.39 Å². The number of hydrogen-bond acceptors (Lipinski definition) is 2. The van der Waals surface area contributed by atoms with E-state index in [0.29, 0.717) is 12.6 Å². The monoisotopic (exact) mass is 197 g/mol. The van der Waals surface area contributed by atoms with Crippen LogP contribution in [0.4, 0.5) is 4.39 Å². The summed E-state index contributed by atoms with van der Waals surface area (Å²) in [6.45, 7) is 1.09. The zero-order valence-electron chi connectivity index (χ0n) is 8.25. The van der Waals surface area contributed by atoms with Crippen molar-refractivity contribution in [1.29, 1.82) is 0 Å². The summed E-state index contributed by atoms with van der Waals surface area (Å²) in [5.74, 6) is 0. The van der Waals surface area contributed by atoms with E-state index in [4.69, 9.17) is 0 Å².